The molecule has 4 rings (SSSR count). The third-order valence-electron chi connectivity index (χ3n) is 6.74. The van der Waals surface area contributed by atoms with Gasteiger partial charge in [-0.25, -0.2) is 4.98 Å². The van der Waals surface area contributed by atoms with Gasteiger partial charge in [0, 0.05) is 73.4 Å². The van der Waals surface area contributed by atoms with Gasteiger partial charge in [-0.1, -0.05) is 13.8 Å². The summed E-state index contributed by atoms with van der Waals surface area (Å²) in [5.74, 6) is 1.28. The first kappa shape index (κ1) is 31.7. The fourth-order valence-electron chi connectivity index (χ4n) is 4.68. The topological polar surface area (TPSA) is 104 Å². The van der Waals surface area contributed by atoms with Gasteiger partial charge in [0.15, 0.2) is 0 Å². The number of hydrogen-bond donors (Lipinski definition) is 1. The Balaban J connectivity index is 1.53. The van der Waals surface area contributed by atoms with Crippen molar-refractivity contribution < 1.29 is 19.0 Å². The molecule has 0 amide bonds. The van der Waals surface area contributed by atoms with E-state index in [1.54, 1.807) is 26.6 Å². The molecule has 10 nitrogen and oxygen atoms in total. The van der Waals surface area contributed by atoms with Crippen LogP contribution in [0.4, 0.5) is 11.4 Å². The normalized spacial score (nSPS) is 11.6. The number of esters is 1. The predicted molar refractivity (Wildman–Crippen MR) is 170 cm³/mol. The summed E-state index contributed by atoms with van der Waals surface area (Å²) in [6, 6.07) is 12.4. The van der Waals surface area contributed by atoms with Gasteiger partial charge >= 0.3 is 5.97 Å². The van der Waals surface area contributed by atoms with Gasteiger partial charge in [0.25, 0.3) is 0 Å². The summed E-state index contributed by atoms with van der Waals surface area (Å²) in [5.41, 5.74) is 4.73. The highest BCUT2D eigenvalue weighted by Crippen LogP contribution is 2.34. The predicted octanol–water partition coefficient (Wildman–Crippen LogP) is 6.16. The van der Waals surface area contributed by atoms with Gasteiger partial charge in [0.05, 0.1) is 43.3 Å². The summed E-state index contributed by atoms with van der Waals surface area (Å²) < 4.78 is 18.4. The standard InChI is InChI=1S/C33H44N6O4/c1-23(2)34-13-15-39(26-16-27(41-6)19-28(17-26)42-7)25-11-12-29-30(18-25)37-31(21-35-29)24-20-36-38(22-24)14-9-8-10-32(40)43-33(3,4)5/h11-12,16-23,34H,8-10,13-15H2,1-7H3. The second-order valence-corrected chi connectivity index (χ2v) is 11.8. The van der Waals surface area contributed by atoms with Gasteiger partial charge in [-0.3, -0.25) is 14.5 Å². The fraction of sp³-hybridized carbons (Fsp3) is 0.455. The summed E-state index contributed by atoms with van der Waals surface area (Å²) in [7, 11) is 3.31. The monoisotopic (exact) mass is 588 g/mol. The number of carbonyl (C=O) groups excluding carboxylic acids is 1. The molecule has 2 aromatic carbocycles. The molecule has 0 fully saturated rings. The fourth-order valence-corrected chi connectivity index (χ4v) is 4.68. The van der Waals surface area contributed by atoms with Crippen molar-refractivity contribution >= 4 is 28.4 Å². The number of carbonyl (C=O) groups is 1. The lowest BCUT2D eigenvalue weighted by Crippen LogP contribution is -2.32. The van der Waals surface area contributed by atoms with E-state index in [0.717, 1.165) is 71.1 Å². The number of benzene rings is 2. The average molecular weight is 589 g/mol. The Morgan fingerprint density at radius 1 is 0.977 bits per heavy atom. The van der Waals surface area contributed by atoms with Gasteiger partial charge in [0.2, 0.25) is 0 Å². The number of hydrogen-bond acceptors (Lipinski definition) is 9. The van der Waals surface area contributed by atoms with E-state index in [4.69, 9.17) is 19.2 Å². The minimum absolute atomic E-state index is 0.167. The number of ether oxygens (including phenoxy) is 3. The molecule has 0 spiro atoms. The first-order valence-corrected chi connectivity index (χ1v) is 14.8. The van der Waals surface area contributed by atoms with Gasteiger partial charge in [-0.15, -0.1) is 0 Å². The highest BCUT2D eigenvalue weighted by Gasteiger charge is 2.17. The molecule has 0 saturated heterocycles. The number of nitrogens with zero attached hydrogens (tertiary/aromatic N) is 5. The highest BCUT2D eigenvalue weighted by molar-refractivity contribution is 5.82. The Kier molecular flexibility index (Phi) is 10.6. The first-order valence-electron chi connectivity index (χ1n) is 14.8. The van der Waals surface area contributed by atoms with Crippen LogP contribution < -0.4 is 19.7 Å². The van der Waals surface area contributed by atoms with Crippen molar-refractivity contribution in [1.29, 1.82) is 0 Å². The zero-order valence-electron chi connectivity index (χ0n) is 26.4. The lowest BCUT2D eigenvalue weighted by molar-refractivity contribution is -0.154. The van der Waals surface area contributed by atoms with E-state index in [1.165, 1.54) is 0 Å². The second kappa shape index (κ2) is 14.3. The summed E-state index contributed by atoms with van der Waals surface area (Å²) >= 11 is 0. The minimum Gasteiger partial charge on any atom is -0.497 e. The molecule has 0 unspecified atom stereocenters. The largest absolute Gasteiger partial charge is 0.497 e. The number of methoxy groups -OCH3 is 2. The van der Waals surface area contributed by atoms with E-state index in [-0.39, 0.29) is 5.97 Å². The smallest absolute Gasteiger partial charge is 0.306 e. The third kappa shape index (κ3) is 9.15. The molecule has 2 heterocycles. The molecule has 2 aromatic heterocycles. The van der Waals surface area contributed by atoms with Gasteiger partial charge < -0.3 is 24.4 Å². The molecule has 1 N–H and O–H groups in total. The Hall–Kier alpha value is -4.18. The highest BCUT2D eigenvalue weighted by atomic mass is 16.6. The third-order valence-corrected chi connectivity index (χ3v) is 6.74. The molecule has 0 aliphatic carbocycles. The van der Waals surface area contributed by atoms with Crippen LogP contribution in [-0.4, -0.2) is 64.7 Å². The summed E-state index contributed by atoms with van der Waals surface area (Å²) in [4.78, 5) is 23.8. The number of fused-ring (bicyclic) bond motifs is 1. The molecular formula is C33H44N6O4. The van der Waals surface area contributed by atoms with Crippen molar-refractivity contribution in [3.8, 4) is 22.8 Å². The summed E-state index contributed by atoms with van der Waals surface area (Å²) in [6.45, 7) is 12.1. The van der Waals surface area contributed by atoms with Crippen LogP contribution in [-0.2, 0) is 16.1 Å². The van der Waals surface area contributed by atoms with Crippen LogP contribution in [0.1, 0.15) is 53.9 Å². The van der Waals surface area contributed by atoms with Crippen LogP contribution in [0, 0.1) is 0 Å². The number of unbranched alkanes of at least 4 members (excludes halogenated alkanes) is 1. The Bertz CT molecular complexity index is 1490. The van der Waals surface area contributed by atoms with Crippen LogP contribution in [0.2, 0.25) is 0 Å². The van der Waals surface area contributed by atoms with E-state index < -0.39 is 5.60 Å². The summed E-state index contributed by atoms with van der Waals surface area (Å²) in [5, 5.41) is 8.02. The van der Waals surface area contributed by atoms with Crippen molar-refractivity contribution in [3.05, 3.63) is 55.0 Å². The molecule has 43 heavy (non-hydrogen) atoms. The molecule has 0 atom stereocenters. The van der Waals surface area contributed by atoms with Crippen molar-refractivity contribution in [2.75, 3.05) is 32.2 Å². The van der Waals surface area contributed by atoms with Crippen molar-refractivity contribution in [2.45, 2.75) is 72.1 Å². The number of nitrogens with one attached hydrogen (secondary N) is 1. The van der Waals surface area contributed by atoms with Crippen molar-refractivity contribution in [3.63, 3.8) is 0 Å². The quantitative estimate of drug-likeness (QED) is 0.137. The molecule has 4 aromatic rings. The van der Waals surface area contributed by atoms with Gasteiger partial charge in [-0.05, 0) is 51.8 Å². The van der Waals surface area contributed by atoms with Crippen molar-refractivity contribution in [2.24, 2.45) is 0 Å². The second-order valence-electron chi connectivity index (χ2n) is 11.8. The minimum atomic E-state index is -0.457. The maximum Gasteiger partial charge on any atom is 0.306 e. The van der Waals surface area contributed by atoms with E-state index in [0.29, 0.717) is 19.0 Å². The molecule has 0 radical (unpaired) electrons. The van der Waals surface area contributed by atoms with Crippen LogP contribution in [0.15, 0.2) is 55.0 Å². The van der Waals surface area contributed by atoms with Crippen LogP contribution in [0.5, 0.6) is 11.5 Å². The zero-order valence-corrected chi connectivity index (χ0v) is 26.4. The maximum atomic E-state index is 12.0. The van der Waals surface area contributed by atoms with E-state index in [2.05, 4.69) is 46.3 Å². The lowest BCUT2D eigenvalue weighted by Gasteiger charge is -2.27. The average Bonchev–Trinajstić information content (AvgIpc) is 3.44. The van der Waals surface area contributed by atoms with E-state index in [1.807, 2.05) is 55.9 Å². The molecule has 0 aliphatic rings. The number of anilines is 2. The lowest BCUT2D eigenvalue weighted by atomic mass is 10.2. The molecule has 0 aliphatic heterocycles. The van der Waals surface area contributed by atoms with E-state index in [9.17, 15) is 4.79 Å². The van der Waals surface area contributed by atoms with E-state index >= 15 is 0 Å². The first-order chi connectivity index (χ1) is 20.5. The van der Waals surface area contributed by atoms with Crippen LogP contribution in [0.25, 0.3) is 22.3 Å². The molecule has 230 valence electrons. The molecule has 10 heteroatoms. The Morgan fingerprint density at radius 2 is 1.72 bits per heavy atom. The van der Waals surface area contributed by atoms with Gasteiger partial charge in [0.1, 0.15) is 17.1 Å². The molecule has 0 bridgehead atoms. The zero-order chi connectivity index (χ0) is 31.0. The van der Waals surface area contributed by atoms with Crippen molar-refractivity contribution in [1.82, 2.24) is 25.1 Å². The van der Waals surface area contributed by atoms with Crippen LogP contribution in [0.3, 0.4) is 0 Å². The molecule has 0 saturated carbocycles. The maximum absolute atomic E-state index is 12.0. The SMILES string of the molecule is COc1cc(OC)cc(N(CCNC(C)C)c2ccc3ncc(-c4cnn(CCCCC(=O)OC(C)(C)C)c4)nc3c2)c1. The van der Waals surface area contributed by atoms with Gasteiger partial charge in [-0.2, -0.15) is 5.10 Å². The molecular weight excluding hydrogens is 544 g/mol. The summed E-state index contributed by atoms with van der Waals surface area (Å²) in [6.07, 6.45) is 7.52. The Labute approximate surface area is 254 Å². The van der Waals surface area contributed by atoms with Crippen LogP contribution >= 0.6 is 0 Å². The number of aromatic nitrogens is 4. The Morgan fingerprint density at radius 3 is 2.40 bits per heavy atom. The number of rotatable bonds is 14. The number of aryl methyl sites for hydroxylation is 1.